The average molecular weight is 885 g/mol. The molecule has 60 heavy (non-hydrogen) atoms. The number of carbonyl (C=O) groups is 1. The van der Waals surface area contributed by atoms with E-state index in [9.17, 15) is 35.8 Å². The van der Waals surface area contributed by atoms with Crippen molar-refractivity contribution in [3.05, 3.63) is 82.6 Å². The van der Waals surface area contributed by atoms with Gasteiger partial charge in [-0.05, 0) is 85.2 Å². The summed E-state index contributed by atoms with van der Waals surface area (Å²) in [6.45, 7) is 12.3. The number of nitrogens with zero attached hydrogens (tertiary/aromatic N) is 2. The first-order valence-corrected chi connectivity index (χ1v) is 22.5. The molecule has 0 amide bonds. The van der Waals surface area contributed by atoms with Crippen molar-refractivity contribution in [2.75, 3.05) is 84.1 Å². The molecule has 1 aliphatic carbocycles. The van der Waals surface area contributed by atoms with Gasteiger partial charge in [0.25, 0.3) is 0 Å². The van der Waals surface area contributed by atoms with E-state index in [-0.39, 0.29) is 67.2 Å². The van der Waals surface area contributed by atoms with Crippen molar-refractivity contribution in [1.29, 1.82) is 0 Å². The zero-order valence-corrected chi connectivity index (χ0v) is 39.4. The summed E-state index contributed by atoms with van der Waals surface area (Å²) in [6, 6.07) is 12.0. The van der Waals surface area contributed by atoms with Gasteiger partial charge in [0.1, 0.15) is 34.9 Å². The second kappa shape index (κ2) is 22.9. The smallest absolute Gasteiger partial charge is 0.748 e. The Morgan fingerprint density at radius 1 is 0.917 bits per heavy atom. The van der Waals surface area contributed by atoms with E-state index in [2.05, 4.69) is 31.4 Å². The molecule has 3 aliphatic rings. The Bertz CT molecular complexity index is 2220. The Hall–Kier alpha value is -2.94. The van der Waals surface area contributed by atoms with Gasteiger partial charge >= 0.3 is 35.5 Å². The molecule has 1 aromatic carbocycles. The maximum atomic E-state index is 12.1. The Morgan fingerprint density at radius 3 is 2.13 bits per heavy atom. The molecule has 0 saturated carbocycles. The van der Waals surface area contributed by atoms with E-state index in [1.165, 1.54) is 18.2 Å². The van der Waals surface area contributed by atoms with Gasteiger partial charge in [0, 0.05) is 61.4 Å². The summed E-state index contributed by atoms with van der Waals surface area (Å²) in [6.07, 6.45) is 5.62. The van der Waals surface area contributed by atoms with Gasteiger partial charge < -0.3 is 42.5 Å². The molecule has 2 heterocycles. The molecule has 1 aromatic rings. The molecule has 326 valence electrons. The van der Waals surface area contributed by atoms with Gasteiger partial charge in [-0.2, -0.15) is 0 Å². The van der Waals surface area contributed by atoms with Crippen LogP contribution in [0.15, 0.2) is 69.6 Å². The Labute approximate surface area is 376 Å². The number of anilines is 1. The number of hydrogen-bond acceptors (Lipinski definition) is 13. The molecule has 1 unspecified atom stereocenters. The predicted octanol–water partition coefficient (Wildman–Crippen LogP) is 1.55. The van der Waals surface area contributed by atoms with Crippen LogP contribution < -0.4 is 44.4 Å². The molecule has 0 bridgehead atoms. The molecule has 4 rings (SSSR count). The molecule has 0 aromatic heterocycles. The van der Waals surface area contributed by atoms with Crippen molar-refractivity contribution in [3.8, 4) is 11.3 Å². The number of allylic oxidation sites excluding steroid dienone is 3. The summed E-state index contributed by atoms with van der Waals surface area (Å²) in [4.78, 5) is 12.9. The monoisotopic (exact) mass is 884 g/mol. The van der Waals surface area contributed by atoms with Crippen molar-refractivity contribution in [2.24, 2.45) is 0 Å². The summed E-state index contributed by atoms with van der Waals surface area (Å²) in [5.74, 6) is -0.459. The van der Waals surface area contributed by atoms with E-state index in [0.29, 0.717) is 81.2 Å². The van der Waals surface area contributed by atoms with Gasteiger partial charge in [0.15, 0.2) is 13.1 Å². The quantitative estimate of drug-likeness (QED) is 0.0621. The summed E-state index contributed by atoms with van der Waals surface area (Å²) in [5, 5.41) is 10.4. The molecule has 1 N–H and O–H groups in total. The molecule has 0 spiro atoms. The zero-order chi connectivity index (χ0) is 43.4. The largest absolute Gasteiger partial charge is 1.00 e. The van der Waals surface area contributed by atoms with Crippen LogP contribution in [0.25, 0.3) is 17.4 Å². The molecule has 0 saturated heterocycles. The zero-order valence-electron chi connectivity index (χ0n) is 35.7. The Morgan fingerprint density at radius 2 is 1.57 bits per heavy atom. The second-order valence-corrected chi connectivity index (χ2v) is 18.5. The third-order valence-corrected chi connectivity index (χ3v) is 11.8. The number of rotatable bonds is 23. The number of carboxylic acid groups (broad SMARTS) is 1. The van der Waals surface area contributed by atoms with Crippen LogP contribution in [0.3, 0.4) is 0 Å². The van der Waals surface area contributed by atoms with E-state index in [1.54, 1.807) is 37.3 Å². The molecular formula is C42H57N2NaO13S2. The number of fused-ring (bicyclic) bond motifs is 2. The maximum absolute atomic E-state index is 12.1. The standard InChI is InChI=1S/C42H58N2O13S2.Na/c1-41(2,3)35-29-32(57-38-28-31(13-15-34(35)38)43(19-21-55-25-23-53-5)20-22-56-26-24-54-6)10-7-11-39-42(4,17-8-12-40(45)46)36-30-33(59(50,51)52)14-16-37(36)44(39)18-9-27-58(47,48)49;/h7,10-11,13-16,28-30H,8-9,12,17-27H2,1-6H3,(H2-,45,46,47,48,49,50,51,52);/q;+1/p-1. The van der Waals surface area contributed by atoms with Crippen molar-refractivity contribution >= 4 is 38.0 Å². The minimum Gasteiger partial charge on any atom is -0.748 e. The summed E-state index contributed by atoms with van der Waals surface area (Å²) in [5.41, 5.74) is 2.29. The van der Waals surface area contributed by atoms with E-state index < -0.39 is 42.3 Å². The minimum atomic E-state index is -4.85. The van der Waals surface area contributed by atoms with Crippen LogP contribution >= 0.6 is 0 Å². The number of hydrogen-bond donors (Lipinski definition) is 1. The summed E-state index contributed by atoms with van der Waals surface area (Å²) in [7, 11) is -6.13. The minimum absolute atomic E-state index is 0. The van der Waals surface area contributed by atoms with Crippen LogP contribution in [0.2, 0.25) is 0 Å². The van der Waals surface area contributed by atoms with Crippen molar-refractivity contribution in [1.82, 2.24) is 4.58 Å². The fourth-order valence-corrected chi connectivity index (χ4v) is 8.20. The fraction of sp³-hybridized carbons (Fsp3) is 0.524. The first-order valence-electron chi connectivity index (χ1n) is 19.5. The molecule has 0 radical (unpaired) electrons. The molecule has 0 fully saturated rings. The first kappa shape index (κ1) is 51.4. The van der Waals surface area contributed by atoms with E-state index in [4.69, 9.17) is 23.4 Å². The van der Waals surface area contributed by atoms with Crippen molar-refractivity contribution in [2.45, 2.75) is 69.1 Å². The normalized spacial score (nSPS) is 16.5. The molecule has 2 aliphatic heterocycles. The predicted molar refractivity (Wildman–Crippen MR) is 221 cm³/mol. The van der Waals surface area contributed by atoms with Gasteiger partial charge in [-0.25, -0.2) is 21.4 Å². The Balaban J connectivity index is 0.00000961. The van der Waals surface area contributed by atoms with Gasteiger partial charge in [0.05, 0.1) is 47.5 Å². The van der Waals surface area contributed by atoms with Crippen LogP contribution in [0.4, 0.5) is 5.69 Å². The second-order valence-electron chi connectivity index (χ2n) is 15.6. The van der Waals surface area contributed by atoms with Gasteiger partial charge in [0.2, 0.25) is 5.36 Å². The first-order chi connectivity index (χ1) is 27.8. The molecular weight excluding hydrogens is 828 g/mol. The molecule has 15 nitrogen and oxygen atoms in total. The third-order valence-electron chi connectivity index (χ3n) is 10.2. The average Bonchev–Trinajstić information content (AvgIpc) is 3.37. The number of methoxy groups -OCH3 is 2. The third kappa shape index (κ3) is 14.6. The maximum Gasteiger partial charge on any atom is 1.00 e. The van der Waals surface area contributed by atoms with Crippen LogP contribution in [0.5, 0.6) is 0 Å². The molecule has 18 heteroatoms. The van der Waals surface area contributed by atoms with Crippen molar-refractivity contribution in [3.63, 3.8) is 0 Å². The van der Waals surface area contributed by atoms with Gasteiger partial charge in [-0.3, -0.25) is 4.79 Å². The van der Waals surface area contributed by atoms with E-state index >= 15 is 0 Å². The summed E-state index contributed by atoms with van der Waals surface area (Å²) >= 11 is 0. The van der Waals surface area contributed by atoms with E-state index in [1.807, 2.05) is 25.1 Å². The van der Waals surface area contributed by atoms with Gasteiger partial charge in [-0.15, -0.1) is 0 Å². The van der Waals surface area contributed by atoms with Crippen LogP contribution in [0.1, 0.15) is 70.3 Å². The van der Waals surface area contributed by atoms with Crippen LogP contribution in [-0.4, -0.2) is 116 Å². The van der Waals surface area contributed by atoms with Crippen LogP contribution in [0, 0.1) is 0 Å². The number of ether oxygens (including phenoxy) is 4. The Kier molecular flexibility index (Phi) is 19.7. The van der Waals surface area contributed by atoms with E-state index in [0.717, 1.165) is 16.5 Å². The molecule has 1 atom stereocenters. The fourth-order valence-electron chi connectivity index (χ4n) is 7.22. The SMILES string of the molecule is COCCOCC[N+](CCOCCOC)=c1ccc2c(C(C)(C)C)cc(/C=C/C=C3/N(CCCS(=O)(=O)[O-])c4ccc(S(=O)(=O)[O-])cc4C3(C)CCCC(=O)O)oc-2c1.[Na+]. The van der Waals surface area contributed by atoms with Crippen molar-refractivity contribution < 1.29 is 88.8 Å². The number of carboxylic acids is 1. The number of benzene rings is 2. The van der Waals surface area contributed by atoms with Gasteiger partial charge in [-0.1, -0.05) is 26.8 Å². The summed E-state index contributed by atoms with van der Waals surface area (Å²) < 4.78 is 102. The topological polar surface area (TPSA) is 208 Å². The van der Waals surface area contributed by atoms with Crippen LogP contribution in [-0.2, 0) is 54.8 Å². The number of aliphatic carboxylic acids is 1.